The number of ether oxygens (including phenoxy) is 1. The summed E-state index contributed by atoms with van der Waals surface area (Å²) in [5.74, 6) is -1.15. The first kappa shape index (κ1) is 20.1. The van der Waals surface area contributed by atoms with Crippen LogP contribution in [0.1, 0.15) is 10.4 Å². The minimum absolute atomic E-state index is 0.121. The molecule has 6 nitrogen and oxygen atoms in total. The third-order valence-corrected chi connectivity index (χ3v) is 4.43. The number of amides is 1. The summed E-state index contributed by atoms with van der Waals surface area (Å²) in [5.41, 5.74) is 0.859. The van der Waals surface area contributed by atoms with Crippen LogP contribution in [0, 0.1) is 0 Å². The fraction of sp³-hybridized carbons (Fsp3) is 0.0455. The number of benzene rings is 3. The molecule has 1 heterocycles. The molecule has 0 spiro atoms. The van der Waals surface area contributed by atoms with Gasteiger partial charge in [0, 0.05) is 5.56 Å². The summed E-state index contributed by atoms with van der Waals surface area (Å²) in [6.07, 6.45) is -3.49. The van der Waals surface area contributed by atoms with Gasteiger partial charge in [-0.05, 0) is 48.5 Å². The molecule has 0 saturated heterocycles. The summed E-state index contributed by atoms with van der Waals surface area (Å²) >= 11 is 0. The number of alkyl halides is 3. The van der Waals surface area contributed by atoms with E-state index in [4.69, 9.17) is 0 Å². The predicted molar refractivity (Wildman–Crippen MR) is 108 cm³/mol. The highest BCUT2D eigenvalue weighted by Crippen LogP contribution is 2.30. The van der Waals surface area contributed by atoms with Gasteiger partial charge in [-0.2, -0.15) is 0 Å². The largest absolute Gasteiger partial charge is 0.573 e. The second-order valence-corrected chi connectivity index (χ2v) is 6.48. The normalized spacial score (nSPS) is 11.3. The quantitative estimate of drug-likeness (QED) is 0.521. The molecule has 31 heavy (non-hydrogen) atoms. The summed E-state index contributed by atoms with van der Waals surface area (Å²) in [6.45, 7) is 0. The second-order valence-electron chi connectivity index (χ2n) is 6.48. The van der Waals surface area contributed by atoms with Crippen LogP contribution < -0.4 is 15.6 Å². The van der Waals surface area contributed by atoms with Gasteiger partial charge in [-0.15, -0.1) is 13.2 Å². The van der Waals surface area contributed by atoms with Crippen molar-refractivity contribution in [3.8, 4) is 11.4 Å². The van der Waals surface area contributed by atoms with Crippen LogP contribution in [0.3, 0.4) is 0 Å². The summed E-state index contributed by atoms with van der Waals surface area (Å²) < 4.78 is 42.9. The van der Waals surface area contributed by atoms with Gasteiger partial charge < -0.3 is 10.1 Å². The van der Waals surface area contributed by atoms with Crippen molar-refractivity contribution in [3.05, 3.63) is 95.0 Å². The molecular formula is C22H14F3N3O3. The number of nitrogens with one attached hydrogen (secondary N) is 1. The lowest BCUT2D eigenvalue weighted by atomic mass is 10.1. The zero-order chi connectivity index (χ0) is 22.0. The Morgan fingerprint density at radius 1 is 0.935 bits per heavy atom. The number of anilines is 1. The molecule has 0 saturated carbocycles. The molecule has 0 aliphatic rings. The van der Waals surface area contributed by atoms with Crippen LogP contribution >= 0.6 is 0 Å². The number of halogens is 3. The third kappa shape index (κ3) is 4.40. The van der Waals surface area contributed by atoms with Gasteiger partial charge in [0.05, 0.1) is 22.3 Å². The van der Waals surface area contributed by atoms with E-state index in [0.717, 1.165) is 6.07 Å². The Balaban J connectivity index is 1.58. The molecule has 156 valence electrons. The smallest absolute Gasteiger partial charge is 0.404 e. The van der Waals surface area contributed by atoms with Crippen molar-refractivity contribution >= 4 is 22.5 Å². The van der Waals surface area contributed by atoms with Crippen molar-refractivity contribution < 1.29 is 22.7 Å². The number of hydrogen-bond acceptors (Lipinski definition) is 4. The Bertz CT molecular complexity index is 1320. The molecule has 0 bridgehead atoms. The maximum Gasteiger partial charge on any atom is 0.573 e. The first-order chi connectivity index (χ1) is 14.8. The predicted octanol–water partition coefficient (Wildman–Crippen LogP) is 4.54. The fourth-order valence-corrected chi connectivity index (χ4v) is 3.00. The average Bonchev–Trinajstić information content (AvgIpc) is 2.75. The standard InChI is InChI=1S/C22H14F3N3O3/c23-22(24,25)31-19-8-4-3-7-18(19)27-20(29)14-9-11-15(12-10-14)28-13-26-17-6-2-1-5-16(17)21(28)30/h1-13H,(H,27,29). The Morgan fingerprint density at radius 3 is 2.35 bits per heavy atom. The average molecular weight is 425 g/mol. The van der Waals surface area contributed by atoms with Gasteiger partial charge >= 0.3 is 6.36 Å². The SMILES string of the molecule is O=C(Nc1ccccc1OC(F)(F)F)c1ccc(-n2cnc3ccccc3c2=O)cc1. The minimum Gasteiger partial charge on any atom is -0.404 e. The van der Waals surface area contributed by atoms with Crippen LogP contribution in [0.15, 0.2) is 83.9 Å². The van der Waals surface area contributed by atoms with Crippen molar-refractivity contribution in [2.75, 3.05) is 5.32 Å². The fourth-order valence-electron chi connectivity index (χ4n) is 3.00. The number of fused-ring (bicyclic) bond motifs is 1. The molecule has 0 atom stereocenters. The number of rotatable bonds is 4. The molecular weight excluding hydrogens is 411 g/mol. The lowest BCUT2D eigenvalue weighted by Gasteiger charge is -2.14. The summed E-state index contributed by atoms with van der Waals surface area (Å²) in [6, 6.07) is 18.2. The van der Waals surface area contributed by atoms with Crippen LogP contribution in [0.2, 0.25) is 0 Å². The van der Waals surface area contributed by atoms with E-state index in [1.54, 1.807) is 36.4 Å². The maximum absolute atomic E-state index is 12.7. The number of hydrogen-bond donors (Lipinski definition) is 1. The molecule has 0 aliphatic carbocycles. The van der Waals surface area contributed by atoms with Gasteiger partial charge in [0.25, 0.3) is 11.5 Å². The van der Waals surface area contributed by atoms with Crippen molar-refractivity contribution in [2.24, 2.45) is 0 Å². The molecule has 4 aromatic rings. The van der Waals surface area contributed by atoms with Gasteiger partial charge in [0.1, 0.15) is 6.33 Å². The molecule has 0 radical (unpaired) electrons. The Labute approximate surface area is 173 Å². The number of carbonyl (C=O) groups is 1. The first-order valence-corrected chi connectivity index (χ1v) is 9.05. The summed E-state index contributed by atoms with van der Waals surface area (Å²) in [5, 5.41) is 2.85. The van der Waals surface area contributed by atoms with E-state index in [1.807, 2.05) is 0 Å². The van der Waals surface area contributed by atoms with E-state index in [1.165, 1.54) is 41.2 Å². The topological polar surface area (TPSA) is 73.2 Å². The molecule has 4 rings (SSSR count). The summed E-state index contributed by atoms with van der Waals surface area (Å²) in [4.78, 5) is 29.4. The lowest BCUT2D eigenvalue weighted by molar-refractivity contribution is -0.274. The van der Waals surface area contributed by atoms with Gasteiger partial charge in [-0.3, -0.25) is 14.2 Å². The number of aromatic nitrogens is 2. The van der Waals surface area contributed by atoms with Crippen LogP contribution in [-0.2, 0) is 0 Å². The Kier molecular flexibility index (Phi) is 5.16. The second kappa shape index (κ2) is 7.94. The number of carbonyl (C=O) groups excluding carboxylic acids is 1. The molecule has 1 amide bonds. The van der Waals surface area contributed by atoms with Crippen LogP contribution in [0.5, 0.6) is 5.75 Å². The van der Waals surface area contributed by atoms with Crippen molar-refractivity contribution in [2.45, 2.75) is 6.36 Å². The van der Waals surface area contributed by atoms with Gasteiger partial charge in [-0.25, -0.2) is 4.98 Å². The maximum atomic E-state index is 12.7. The Hall–Kier alpha value is -4.14. The summed E-state index contributed by atoms with van der Waals surface area (Å²) in [7, 11) is 0. The molecule has 9 heteroatoms. The highest BCUT2D eigenvalue weighted by atomic mass is 19.4. The van der Waals surface area contributed by atoms with Crippen molar-refractivity contribution in [1.82, 2.24) is 9.55 Å². The van der Waals surface area contributed by atoms with E-state index in [9.17, 15) is 22.8 Å². The van der Waals surface area contributed by atoms with E-state index in [2.05, 4.69) is 15.0 Å². The Morgan fingerprint density at radius 2 is 1.61 bits per heavy atom. The molecule has 0 unspecified atom stereocenters. The number of para-hydroxylation sites is 3. The van der Waals surface area contributed by atoms with E-state index in [0.29, 0.717) is 16.6 Å². The van der Waals surface area contributed by atoms with Crippen LogP contribution in [-0.4, -0.2) is 21.8 Å². The molecule has 1 N–H and O–H groups in total. The zero-order valence-electron chi connectivity index (χ0n) is 15.8. The highest BCUT2D eigenvalue weighted by Gasteiger charge is 2.32. The molecule has 0 fully saturated rings. The van der Waals surface area contributed by atoms with Gasteiger partial charge in [-0.1, -0.05) is 24.3 Å². The lowest BCUT2D eigenvalue weighted by Crippen LogP contribution is -2.20. The van der Waals surface area contributed by atoms with E-state index in [-0.39, 0.29) is 16.8 Å². The van der Waals surface area contributed by atoms with Crippen LogP contribution in [0.4, 0.5) is 18.9 Å². The van der Waals surface area contributed by atoms with E-state index < -0.39 is 18.0 Å². The molecule has 0 aliphatic heterocycles. The minimum atomic E-state index is -4.89. The third-order valence-electron chi connectivity index (χ3n) is 4.43. The van der Waals surface area contributed by atoms with Gasteiger partial charge in [0.2, 0.25) is 0 Å². The number of nitrogens with zero attached hydrogens (tertiary/aromatic N) is 2. The van der Waals surface area contributed by atoms with Crippen molar-refractivity contribution in [3.63, 3.8) is 0 Å². The van der Waals surface area contributed by atoms with Crippen molar-refractivity contribution in [1.29, 1.82) is 0 Å². The van der Waals surface area contributed by atoms with Crippen LogP contribution in [0.25, 0.3) is 16.6 Å². The molecule has 3 aromatic carbocycles. The zero-order valence-corrected chi connectivity index (χ0v) is 15.8. The highest BCUT2D eigenvalue weighted by molar-refractivity contribution is 6.05. The molecule has 1 aromatic heterocycles. The first-order valence-electron chi connectivity index (χ1n) is 9.05. The monoisotopic (exact) mass is 425 g/mol. The van der Waals surface area contributed by atoms with Gasteiger partial charge in [0.15, 0.2) is 5.75 Å². The van der Waals surface area contributed by atoms with E-state index >= 15 is 0 Å².